The van der Waals surface area contributed by atoms with Crippen molar-refractivity contribution in [2.75, 3.05) is 6.54 Å². The average molecular weight is 251 g/mol. The Morgan fingerprint density at radius 3 is 2.32 bits per heavy atom. The summed E-state index contributed by atoms with van der Waals surface area (Å²) in [6, 6.07) is 18.7. The Labute approximate surface area is 113 Å². The Bertz CT molecular complexity index is 579. The van der Waals surface area contributed by atoms with Crippen LogP contribution < -0.4 is 0 Å². The zero-order valence-electron chi connectivity index (χ0n) is 11.0. The lowest BCUT2D eigenvalue weighted by Crippen LogP contribution is -2.36. The van der Waals surface area contributed by atoms with Crippen LogP contribution in [-0.4, -0.2) is 17.9 Å². The Kier molecular flexibility index (Phi) is 3.08. The van der Waals surface area contributed by atoms with Gasteiger partial charge in [-0.15, -0.1) is 0 Å². The number of nitrogens with zero attached hydrogens (tertiary/aromatic N) is 1. The molecule has 1 aliphatic rings. The van der Waals surface area contributed by atoms with Crippen molar-refractivity contribution in [3.8, 4) is 0 Å². The minimum absolute atomic E-state index is 0.0473. The van der Waals surface area contributed by atoms with E-state index in [0.29, 0.717) is 5.92 Å². The standard InChI is InChI=1S/C17H17NO/c1-13-11-18(12-19)17(14-7-3-2-4-8-14)16-10-6-5-9-15(13)16/h2-10,12-13,17H,11H2,1H3/t13-,17-/m0/s1. The number of hydrogen-bond donors (Lipinski definition) is 0. The number of amides is 1. The molecule has 0 unspecified atom stereocenters. The third-order valence-electron chi connectivity index (χ3n) is 3.89. The fourth-order valence-electron chi connectivity index (χ4n) is 3.02. The van der Waals surface area contributed by atoms with Gasteiger partial charge >= 0.3 is 0 Å². The molecule has 0 bridgehead atoms. The summed E-state index contributed by atoms with van der Waals surface area (Å²) in [5, 5.41) is 0. The average Bonchev–Trinajstić information content (AvgIpc) is 2.48. The van der Waals surface area contributed by atoms with E-state index in [1.807, 2.05) is 23.1 Å². The second-order valence-corrected chi connectivity index (χ2v) is 5.15. The molecule has 0 fully saturated rings. The monoisotopic (exact) mass is 251 g/mol. The van der Waals surface area contributed by atoms with Gasteiger partial charge < -0.3 is 4.90 Å². The molecule has 1 heterocycles. The number of rotatable bonds is 2. The lowest BCUT2D eigenvalue weighted by atomic mass is 9.84. The molecular formula is C17H17NO. The molecule has 0 aromatic heterocycles. The smallest absolute Gasteiger partial charge is 0.210 e. The van der Waals surface area contributed by atoms with Crippen LogP contribution in [0.2, 0.25) is 0 Å². The van der Waals surface area contributed by atoms with E-state index in [1.165, 1.54) is 16.7 Å². The van der Waals surface area contributed by atoms with Crippen molar-refractivity contribution in [1.29, 1.82) is 0 Å². The molecule has 1 amide bonds. The van der Waals surface area contributed by atoms with Crippen LogP contribution in [-0.2, 0) is 4.79 Å². The third-order valence-corrected chi connectivity index (χ3v) is 3.89. The van der Waals surface area contributed by atoms with Crippen molar-refractivity contribution in [2.45, 2.75) is 18.9 Å². The van der Waals surface area contributed by atoms with Crippen LogP contribution >= 0.6 is 0 Å². The summed E-state index contributed by atoms with van der Waals surface area (Å²) in [6.45, 7) is 2.95. The zero-order chi connectivity index (χ0) is 13.2. The van der Waals surface area contributed by atoms with E-state index in [2.05, 4.69) is 43.3 Å². The highest BCUT2D eigenvalue weighted by molar-refractivity contribution is 5.54. The van der Waals surface area contributed by atoms with Crippen molar-refractivity contribution in [3.05, 3.63) is 71.3 Å². The second-order valence-electron chi connectivity index (χ2n) is 5.15. The fourth-order valence-corrected chi connectivity index (χ4v) is 3.02. The van der Waals surface area contributed by atoms with Gasteiger partial charge in [-0.3, -0.25) is 4.79 Å². The van der Waals surface area contributed by atoms with Gasteiger partial charge in [0.2, 0.25) is 6.41 Å². The molecule has 2 aromatic rings. The van der Waals surface area contributed by atoms with Crippen LogP contribution in [0.4, 0.5) is 0 Å². The van der Waals surface area contributed by atoms with E-state index in [-0.39, 0.29) is 6.04 Å². The summed E-state index contributed by atoms with van der Waals surface area (Å²) in [4.78, 5) is 13.3. The first-order chi connectivity index (χ1) is 9.31. The molecule has 0 spiro atoms. The first kappa shape index (κ1) is 12.0. The van der Waals surface area contributed by atoms with Gasteiger partial charge in [0.05, 0.1) is 6.04 Å². The van der Waals surface area contributed by atoms with E-state index in [0.717, 1.165) is 13.0 Å². The number of hydrogen-bond acceptors (Lipinski definition) is 1. The molecule has 2 aromatic carbocycles. The second kappa shape index (κ2) is 4.88. The van der Waals surface area contributed by atoms with E-state index in [9.17, 15) is 4.79 Å². The van der Waals surface area contributed by atoms with Crippen molar-refractivity contribution in [3.63, 3.8) is 0 Å². The SMILES string of the molecule is C[C@H]1CN(C=O)[C@@H](c2ccccc2)c2ccccc21. The van der Waals surface area contributed by atoms with Gasteiger partial charge in [-0.2, -0.15) is 0 Å². The predicted molar refractivity (Wildman–Crippen MR) is 75.9 cm³/mol. The largest absolute Gasteiger partial charge is 0.334 e. The van der Waals surface area contributed by atoms with Gasteiger partial charge in [0, 0.05) is 6.54 Å². The Balaban J connectivity index is 2.15. The Morgan fingerprint density at radius 2 is 1.63 bits per heavy atom. The number of benzene rings is 2. The van der Waals surface area contributed by atoms with E-state index >= 15 is 0 Å². The minimum atomic E-state index is 0.0473. The van der Waals surface area contributed by atoms with Crippen molar-refractivity contribution >= 4 is 6.41 Å². The quantitative estimate of drug-likeness (QED) is 0.749. The summed E-state index contributed by atoms with van der Waals surface area (Å²) in [6.07, 6.45) is 0.976. The molecule has 2 heteroatoms. The van der Waals surface area contributed by atoms with Crippen LogP contribution in [0.3, 0.4) is 0 Å². The molecule has 0 saturated carbocycles. The normalized spacial score (nSPS) is 21.8. The first-order valence-electron chi connectivity index (χ1n) is 6.66. The highest BCUT2D eigenvalue weighted by Gasteiger charge is 2.30. The van der Waals surface area contributed by atoms with E-state index < -0.39 is 0 Å². The summed E-state index contributed by atoms with van der Waals surface area (Å²) >= 11 is 0. The van der Waals surface area contributed by atoms with Gasteiger partial charge in [0.15, 0.2) is 0 Å². The van der Waals surface area contributed by atoms with Crippen molar-refractivity contribution in [2.24, 2.45) is 0 Å². The van der Waals surface area contributed by atoms with Gasteiger partial charge in [-0.25, -0.2) is 0 Å². The van der Waals surface area contributed by atoms with Crippen molar-refractivity contribution in [1.82, 2.24) is 4.90 Å². The summed E-state index contributed by atoms with van der Waals surface area (Å²) in [5.74, 6) is 0.390. The molecule has 0 aliphatic carbocycles. The molecule has 96 valence electrons. The highest BCUT2D eigenvalue weighted by Crippen LogP contribution is 2.38. The first-order valence-corrected chi connectivity index (χ1v) is 6.66. The van der Waals surface area contributed by atoms with Crippen LogP contribution in [0.1, 0.15) is 35.6 Å². The number of fused-ring (bicyclic) bond motifs is 1. The van der Waals surface area contributed by atoms with E-state index in [1.54, 1.807) is 0 Å². The van der Waals surface area contributed by atoms with Gasteiger partial charge in [0.25, 0.3) is 0 Å². The Morgan fingerprint density at radius 1 is 1.00 bits per heavy atom. The topological polar surface area (TPSA) is 20.3 Å². The van der Waals surface area contributed by atoms with Crippen LogP contribution in [0.5, 0.6) is 0 Å². The predicted octanol–water partition coefficient (Wildman–Crippen LogP) is 3.35. The van der Waals surface area contributed by atoms with Gasteiger partial charge in [-0.1, -0.05) is 61.5 Å². The molecule has 19 heavy (non-hydrogen) atoms. The number of carbonyl (C=O) groups is 1. The summed E-state index contributed by atoms with van der Waals surface area (Å²) < 4.78 is 0. The summed E-state index contributed by atoms with van der Waals surface area (Å²) in [7, 11) is 0. The minimum Gasteiger partial charge on any atom is -0.334 e. The molecular weight excluding hydrogens is 234 g/mol. The van der Waals surface area contributed by atoms with Crippen molar-refractivity contribution < 1.29 is 4.79 Å². The lowest BCUT2D eigenvalue weighted by Gasteiger charge is -2.38. The number of carbonyl (C=O) groups excluding carboxylic acids is 1. The van der Waals surface area contributed by atoms with Gasteiger partial charge in [-0.05, 0) is 22.6 Å². The fraction of sp³-hybridized carbons (Fsp3) is 0.235. The molecule has 2 nitrogen and oxygen atoms in total. The molecule has 0 N–H and O–H groups in total. The van der Waals surface area contributed by atoms with Crippen LogP contribution in [0, 0.1) is 0 Å². The zero-order valence-corrected chi connectivity index (χ0v) is 11.0. The van der Waals surface area contributed by atoms with Crippen LogP contribution in [0.15, 0.2) is 54.6 Å². The van der Waals surface area contributed by atoms with E-state index in [4.69, 9.17) is 0 Å². The maximum absolute atomic E-state index is 11.4. The lowest BCUT2D eigenvalue weighted by molar-refractivity contribution is -0.120. The molecule has 0 saturated heterocycles. The molecule has 2 atom stereocenters. The maximum atomic E-state index is 11.4. The Hall–Kier alpha value is -2.09. The molecule has 3 rings (SSSR count). The molecule has 1 aliphatic heterocycles. The van der Waals surface area contributed by atoms with Crippen LogP contribution in [0.25, 0.3) is 0 Å². The van der Waals surface area contributed by atoms with Gasteiger partial charge in [0.1, 0.15) is 0 Å². The maximum Gasteiger partial charge on any atom is 0.210 e. The third kappa shape index (κ3) is 2.03. The summed E-state index contributed by atoms with van der Waals surface area (Å²) in [5.41, 5.74) is 3.78. The highest BCUT2D eigenvalue weighted by atomic mass is 16.1. The molecule has 0 radical (unpaired) electrons.